The van der Waals surface area contributed by atoms with Gasteiger partial charge in [0.25, 0.3) is 0 Å². The van der Waals surface area contributed by atoms with Crippen molar-refractivity contribution in [3.8, 4) is 0 Å². The number of hydrogen-bond acceptors (Lipinski definition) is 5. The number of rotatable bonds is 5. The summed E-state index contributed by atoms with van der Waals surface area (Å²) < 4.78 is 13.5. The molecule has 24 heavy (non-hydrogen) atoms. The minimum atomic E-state index is -0.517. The van der Waals surface area contributed by atoms with E-state index in [4.69, 9.17) is 9.47 Å². The molecular weight excluding hydrogens is 445 g/mol. The molecule has 6 heteroatoms. The van der Waals surface area contributed by atoms with Gasteiger partial charge in [-0.2, -0.15) is 0 Å². The van der Waals surface area contributed by atoms with E-state index in [0.717, 1.165) is 6.54 Å². The van der Waals surface area contributed by atoms with Crippen LogP contribution in [0.3, 0.4) is 0 Å². The summed E-state index contributed by atoms with van der Waals surface area (Å²) in [6.45, 7) is 2.11. The zero-order valence-electron chi connectivity index (χ0n) is 13.7. The molecule has 0 N–H and O–H groups in total. The molecule has 0 aromatic heterocycles. The standard InChI is InChI=1S/C6H13NO2S2.2C6H5.Sn/c1-7(6(10)11)4-5-8-2-3-9-5;2*1-2-4-6-5-3-1;/h5-6,10-11H,2-4H2,1H3;2*1-5H;. The summed E-state index contributed by atoms with van der Waals surface area (Å²) in [4.78, 5) is 1.95. The molecule has 0 unspecified atom stereocenters. The normalized spacial score (nSPS) is 14.7. The summed E-state index contributed by atoms with van der Waals surface area (Å²) in [5.74, 6) is 0. The van der Waals surface area contributed by atoms with Gasteiger partial charge >= 0.3 is 89.0 Å². The van der Waals surface area contributed by atoms with Gasteiger partial charge in [-0.3, -0.25) is 4.90 Å². The molecule has 1 aliphatic heterocycles. The second kappa shape index (κ2) is 11.4. The molecule has 0 saturated carbocycles. The van der Waals surface area contributed by atoms with Crippen LogP contribution in [0.25, 0.3) is 0 Å². The Kier molecular flexibility index (Phi) is 9.60. The van der Waals surface area contributed by atoms with E-state index in [1.807, 2.05) is 11.9 Å². The van der Waals surface area contributed by atoms with Crippen molar-refractivity contribution in [2.45, 2.75) is 11.0 Å². The quantitative estimate of drug-likeness (QED) is 0.397. The van der Waals surface area contributed by atoms with E-state index in [9.17, 15) is 0 Å². The summed E-state index contributed by atoms with van der Waals surface area (Å²) >= 11 is 7.77. The Morgan fingerprint density at radius 3 is 1.83 bits per heavy atom. The fourth-order valence-electron chi connectivity index (χ4n) is 2.05. The van der Waals surface area contributed by atoms with Crippen molar-refractivity contribution >= 4 is 53.6 Å². The van der Waals surface area contributed by atoms with Crippen LogP contribution in [0.15, 0.2) is 60.7 Å². The molecule has 0 atom stereocenters. The van der Waals surface area contributed by atoms with Gasteiger partial charge in [0.05, 0.1) is 24.5 Å². The van der Waals surface area contributed by atoms with E-state index in [1.54, 1.807) is 0 Å². The molecule has 1 aliphatic rings. The Labute approximate surface area is 165 Å². The van der Waals surface area contributed by atoms with E-state index >= 15 is 0 Å². The molecule has 1 heterocycles. The first-order valence-electron chi connectivity index (χ1n) is 7.82. The predicted molar refractivity (Wildman–Crippen MR) is 108 cm³/mol. The molecule has 1 saturated heterocycles. The number of ether oxygens (including phenoxy) is 2. The summed E-state index contributed by atoms with van der Waals surface area (Å²) in [5.41, 5.74) is 0. The molecule has 3 rings (SSSR count). The second-order valence-corrected chi connectivity index (χ2v) is 10.7. The van der Waals surface area contributed by atoms with Crippen LogP contribution >= 0.6 is 25.3 Å². The van der Waals surface area contributed by atoms with Gasteiger partial charge in [0, 0.05) is 0 Å². The monoisotopic (exact) mass is 469 g/mol. The van der Waals surface area contributed by atoms with Crippen LogP contribution in [0.4, 0.5) is 0 Å². The molecule has 0 spiro atoms. The average molecular weight is 468 g/mol. The number of hydrogen-bond donors (Lipinski definition) is 2. The molecule has 2 aromatic carbocycles. The van der Waals surface area contributed by atoms with Crippen molar-refractivity contribution in [1.82, 2.24) is 4.90 Å². The van der Waals surface area contributed by atoms with Crippen LogP contribution in [0, 0.1) is 0 Å². The fourth-order valence-corrected chi connectivity index (χ4v) is 5.24. The van der Waals surface area contributed by atoms with Crippen molar-refractivity contribution in [2.24, 2.45) is 0 Å². The van der Waals surface area contributed by atoms with Gasteiger partial charge in [-0.15, -0.1) is 25.3 Å². The van der Waals surface area contributed by atoms with Crippen LogP contribution in [0.2, 0.25) is 0 Å². The molecule has 0 bridgehead atoms. The van der Waals surface area contributed by atoms with Crippen LogP contribution < -0.4 is 7.16 Å². The number of thiol groups is 2. The van der Waals surface area contributed by atoms with Crippen molar-refractivity contribution in [2.75, 3.05) is 26.8 Å². The van der Waals surface area contributed by atoms with E-state index in [0.29, 0.717) is 13.2 Å². The van der Waals surface area contributed by atoms with Crippen LogP contribution in [-0.2, 0) is 9.47 Å². The third kappa shape index (κ3) is 7.80. The molecule has 1 fully saturated rings. The Hall–Kier alpha value is -0.181. The first-order valence-corrected chi connectivity index (χ1v) is 11.7. The topological polar surface area (TPSA) is 21.7 Å². The Morgan fingerprint density at radius 1 is 0.958 bits per heavy atom. The number of nitrogens with zero attached hydrogens (tertiary/aromatic N) is 1. The molecule has 2 aromatic rings. The van der Waals surface area contributed by atoms with E-state index in [-0.39, 0.29) is 11.0 Å². The van der Waals surface area contributed by atoms with E-state index in [1.165, 1.54) is 7.16 Å². The van der Waals surface area contributed by atoms with Crippen LogP contribution in [0.5, 0.6) is 0 Å². The molecule has 3 nitrogen and oxygen atoms in total. The zero-order valence-corrected chi connectivity index (χ0v) is 18.4. The third-order valence-electron chi connectivity index (χ3n) is 3.36. The van der Waals surface area contributed by atoms with Crippen LogP contribution in [-0.4, -0.2) is 63.8 Å². The van der Waals surface area contributed by atoms with Crippen LogP contribution in [0.1, 0.15) is 0 Å². The average Bonchev–Trinajstić information content (AvgIpc) is 3.10. The fraction of sp³-hybridized carbons (Fsp3) is 0.333. The van der Waals surface area contributed by atoms with Crippen molar-refractivity contribution in [3.63, 3.8) is 0 Å². The molecule has 2 radical (unpaired) electrons. The summed E-state index contributed by atoms with van der Waals surface area (Å²) in [6, 6.07) is 21.6. The summed E-state index contributed by atoms with van der Waals surface area (Å²) in [5, 5.41) is 0. The Morgan fingerprint density at radius 2 is 1.42 bits per heavy atom. The SMILES string of the molecule is CN(CC1OCCO1)C(S)S.c1cc[c]([Sn][c]2ccccc2)cc1. The van der Waals surface area contributed by atoms with Crippen molar-refractivity contribution in [1.29, 1.82) is 0 Å². The molecule has 128 valence electrons. The maximum absolute atomic E-state index is 5.24. The van der Waals surface area contributed by atoms with Gasteiger partial charge in [0.1, 0.15) is 0 Å². The van der Waals surface area contributed by atoms with Gasteiger partial charge in [0.2, 0.25) is 0 Å². The first kappa shape index (κ1) is 20.1. The Balaban J connectivity index is 0.000000177. The number of benzene rings is 2. The third-order valence-corrected chi connectivity index (χ3v) is 7.70. The van der Waals surface area contributed by atoms with Crippen molar-refractivity contribution in [3.05, 3.63) is 60.7 Å². The van der Waals surface area contributed by atoms with Gasteiger partial charge in [0.15, 0.2) is 6.29 Å². The van der Waals surface area contributed by atoms with E-state index in [2.05, 4.69) is 85.9 Å². The van der Waals surface area contributed by atoms with Crippen molar-refractivity contribution < 1.29 is 9.47 Å². The summed E-state index contributed by atoms with van der Waals surface area (Å²) in [7, 11) is 1.93. The van der Waals surface area contributed by atoms with Gasteiger partial charge in [-0.25, -0.2) is 0 Å². The first-order chi connectivity index (χ1) is 11.6. The zero-order chi connectivity index (χ0) is 17.2. The Bertz CT molecular complexity index is 528. The minimum absolute atomic E-state index is 0.0530. The number of likely N-dealkylation sites (N-methyl/N-ethyl adjacent to an activating group) is 1. The molecule has 0 amide bonds. The van der Waals surface area contributed by atoms with Gasteiger partial charge in [-0.1, -0.05) is 0 Å². The predicted octanol–water partition coefficient (Wildman–Crippen LogP) is 1.78. The molecule has 0 aliphatic carbocycles. The maximum atomic E-state index is 5.24. The molecular formula is C18H23NO2S2Sn. The van der Waals surface area contributed by atoms with Gasteiger partial charge in [-0.05, 0) is 7.05 Å². The second-order valence-electron chi connectivity index (χ2n) is 5.31. The van der Waals surface area contributed by atoms with Gasteiger partial charge < -0.3 is 9.47 Å². The van der Waals surface area contributed by atoms with E-state index < -0.39 is 21.1 Å². The summed E-state index contributed by atoms with van der Waals surface area (Å²) in [6.07, 6.45) is -0.0956.